The Morgan fingerprint density at radius 2 is 1.92 bits per heavy atom. The molecule has 1 nitrogen and oxygen atoms in total. The van der Waals surface area contributed by atoms with Crippen molar-refractivity contribution >= 4 is 0 Å². The maximum atomic E-state index is 6.10. The summed E-state index contributed by atoms with van der Waals surface area (Å²) in [4.78, 5) is 0. The smallest absolute Gasteiger partial charge is 0.0764 e. The lowest BCUT2D eigenvalue weighted by atomic mass is 9.61. The van der Waals surface area contributed by atoms with Crippen LogP contribution < -0.4 is 0 Å². The number of hydrogen-bond donors (Lipinski definition) is 0. The van der Waals surface area contributed by atoms with E-state index in [2.05, 4.69) is 20.8 Å². The van der Waals surface area contributed by atoms with Crippen LogP contribution in [0.1, 0.15) is 46.5 Å². The molecule has 2 aliphatic carbocycles. The molecule has 1 aliphatic heterocycles. The Morgan fingerprint density at radius 1 is 1.15 bits per heavy atom. The zero-order chi connectivity index (χ0) is 9.32. The van der Waals surface area contributed by atoms with Gasteiger partial charge in [-0.25, -0.2) is 0 Å². The minimum absolute atomic E-state index is 0.197. The van der Waals surface area contributed by atoms with E-state index in [0.717, 1.165) is 12.5 Å². The molecule has 2 bridgehead atoms. The summed E-state index contributed by atoms with van der Waals surface area (Å²) in [5.41, 5.74) is 1.19. The van der Waals surface area contributed by atoms with Crippen molar-refractivity contribution in [2.75, 3.05) is 6.61 Å². The van der Waals surface area contributed by atoms with E-state index in [4.69, 9.17) is 4.74 Å². The van der Waals surface area contributed by atoms with Gasteiger partial charge in [-0.05, 0) is 43.9 Å². The monoisotopic (exact) mass is 180 g/mol. The molecular formula is C12H20O. The Bertz CT molecular complexity index is 254. The quantitative estimate of drug-likeness (QED) is 0.557. The summed E-state index contributed by atoms with van der Waals surface area (Å²) in [7, 11) is 0. The molecule has 1 saturated heterocycles. The number of hydrogen-bond acceptors (Lipinski definition) is 1. The molecule has 0 amide bonds. The van der Waals surface area contributed by atoms with Crippen molar-refractivity contribution in [1.29, 1.82) is 0 Å². The van der Waals surface area contributed by atoms with Gasteiger partial charge in [0, 0.05) is 12.0 Å². The first-order valence-corrected chi connectivity index (χ1v) is 5.66. The summed E-state index contributed by atoms with van der Waals surface area (Å²) in [5, 5.41) is 0. The van der Waals surface area contributed by atoms with E-state index in [-0.39, 0.29) is 5.60 Å². The molecule has 0 radical (unpaired) electrons. The van der Waals surface area contributed by atoms with Crippen molar-refractivity contribution in [2.24, 2.45) is 16.7 Å². The summed E-state index contributed by atoms with van der Waals surface area (Å²) < 4.78 is 6.10. The van der Waals surface area contributed by atoms with Gasteiger partial charge in [0.15, 0.2) is 0 Å². The predicted molar refractivity (Wildman–Crippen MR) is 52.5 cm³/mol. The van der Waals surface area contributed by atoms with Gasteiger partial charge in [-0.2, -0.15) is 0 Å². The lowest BCUT2D eigenvalue weighted by molar-refractivity contribution is -0.122. The molecule has 74 valence electrons. The third-order valence-corrected chi connectivity index (χ3v) is 5.84. The molecule has 3 unspecified atom stereocenters. The average Bonchev–Trinajstić information content (AvgIpc) is 2.64. The lowest BCUT2D eigenvalue weighted by Crippen LogP contribution is -2.50. The molecule has 0 aromatic rings. The number of rotatable bonds is 0. The second kappa shape index (κ2) is 1.98. The molecule has 3 atom stereocenters. The molecule has 0 aromatic heterocycles. The highest BCUT2D eigenvalue weighted by molar-refractivity contribution is 5.20. The van der Waals surface area contributed by atoms with Crippen LogP contribution in [0.3, 0.4) is 0 Å². The van der Waals surface area contributed by atoms with E-state index in [1.165, 1.54) is 25.7 Å². The van der Waals surface area contributed by atoms with Crippen molar-refractivity contribution in [1.82, 2.24) is 0 Å². The second-order valence-corrected chi connectivity index (χ2v) is 6.07. The Balaban J connectivity index is 2.14. The highest BCUT2D eigenvalue weighted by atomic mass is 16.5. The van der Waals surface area contributed by atoms with E-state index in [9.17, 15) is 0 Å². The molecule has 3 aliphatic rings. The standard InChI is InChI=1S/C12H20O/c1-10(2)9-4-5-12(8-9)6-7-13-11(10,12)3/h9H,4-8H2,1-3H3. The SMILES string of the molecule is CC1(C)C2CCC3(CCOC31C)C2. The highest BCUT2D eigenvalue weighted by Gasteiger charge is 2.71. The zero-order valence-electron chi connectivity index (χ0n) is 9.02. The van der Waals surface area contributed by atoms with Crippen LogP contribution in [0.15, 0.2) is 0 Å². The maximum Gasteiger partial charge on any atom is 0.0764 e. The molecule has 1 heterocycles. The van der Waals surface area contributed by atoms with Gasteiger partial charge in [0.1, 0.15) is 0 Å². The van der Waals surface area contributed by atoms with Crippen molar-refractivity contribution < 1.29 is 4.74 Å². The van der Waals surface area contributed by atoms with Crippen LogP contribution in [0.25, 0.3) is 0 Å². The van der Waals surface area contributed by atoms with Gasteiger partial charge in [-0.3, -0.25) is 0 Å². The van der Waals surface area contributed by atoms with Crippen molar-refractivity contribution in [3.8, 4) is 0 Å². The van der Waals surface area contributed by atoms with E-state index in [0.29, 0.717) is 10.8 Å². The fourth-order valence-electron chi connectivity index (χ4n) is 4.50. The van der Waals surface area contributed by atoms with E-state index in [1.54, 1.807) is 0 Å². The molecule has 0 aromatic carbocycles. The average molecular weight is 180 g/mol. The maximum absolute atomic E-state index is 6.10. The predicted octanol–water partition coefficient (Wildman–Crippen LogP) is 2.99. The third kappa shape index (κ3) is 0.643. The van der Waals surface area contributed by atoms with E-state index >= 15 is 0 Å². The van der Waals surface area contributed by atoms with Crippen LogP contribution in [0.5, 0.6) is 0 Å². The first-order valence-electron chi connectivity index (χ1n) is 5.66. The summed E-state index contributed by atoms with van der Waals surface area (Å²) >= 11 is 0. The Labute approximate surface area is 80.8 Å². The molecule has 13 heavy (non-hydrogen) atoms. The Morgan fingerprint density at radius 3 is 2.62 bits per heavy atom. The first-order chi connectivity index (χ1) is 6.02. The van der Waals surface area contributed by atoms with E-state index in [1.807, 2.05) is 0 Å². The zero-order valence-corrected chi connectivity index (χ0v) is 9.02. The van der Waals surface area contributed by atoms with Crippen molar-refractivity contribution in [3.63, 3.8) is 0 Å². The summed E-state index contributed by atoms with van der Waals surface area (Å²) in [6.07, 6.45) is 5.64. The molecule has 1 spiro atoms. The Hall–Kier alpha value is -0.0400. The van der Waals surface area contributed by atoms with Crippen LogP contribution in [-0.2, 0) is 4.74 Å². The fraction of sp³-hybridized carbons (Fsp3) is 1.00. The van der Waals surface area contributed by atoms with Gasteiger partial charge >= 0.3 is 0 Å². The van der Waals surface area contributed by atoms with Crippen molar-refractivity contribution in [2.45, 2.75) is 52.1 Å². The summed E-state index contributed by atoms with van der Waals surface area (Å²) in [6, 6.07) is 0. The fourth-order valence-corrected chi connectivity index (χ4v) is 4.50. The summed E-state index contributed by atoms with van der Waals surface area (Å²) in [6.45, 7) is 8.22. The van der Waals surface area contributed by atoms with E-state index < -0.39 is 0 Å². The van der Waals surface area contributed by atoms with Gasteiger partial charge < -0.3 is 4.74 Å². The van der Waals surface area contributed by atoms with Crippen LogP contribution in [0.4, 0.5) is 0 Å². The van der Waals surface area contributed by atoms with Crippen LogP contribution in [0.2, 0.25) is 0 Å². The summed E-state index contributed by atoms with van der Waals surface area (Å²) in [5.74, 6) is 0.929. The first kappa shape index (κ1) is 8.28. The topological polar surface area (TPSA) is 9.23 Å². The molecule has 3 rings (SSSR count). The minimum atomic E-state index is 0.197. The van der Waals surface area contributed by atoms with Gasteiger partial charge in [0.05, 0.1) is 5.60 Å². The van der Waals surface area contributed by atoms with Crippen LogP contribution >= 0.6 is 0 Å². The molecule has 1 heteroatoms. The lowest BCUT2D eigenvalue weighted by Gasteiger charge is -2.48. The van der Waals surface area contributed by atoms with Crippen molar-refractivity contribution in [3.05, 3.63) is 0 Å². The van der Waals surface area contributed by atoms with Gasteiger partial charge in [-0.1, -0.05) is 13.8 Å². The molecule has 3 fully saturated rings. The minimum Gasteiger partial charge on any atom is -0.374 e. The molecular weight excluding hydrogens is 160 g/mol. The highest BCUT2D eigenvalue weighted by Crippen LogP contribution is 2.72. The largest absolute Gasteiger partial charge is 0.374 e. The number of ether oxygens (including phenoxy) is 1. The number of fused-ring (bicyclic) bond motifs is 1. The van der Waals surface area contributed by atoms with Gasteiger partial charge in [0.2, 0.25) is 0 Å². The van der Waals surface area contributed by atoms with Crippen LogP contribution in [-0.4, -0.2) is 12.2 Å². The molecule has 0 N–H and O–H groups in total. The normalized spacial score (nSPS) is 57.0. The second-order valence-electron chi connectivity index (χ2n) is 6.07. The third-order valence-electron chi connectivity index (χ3n) is 5.84. The van der Waals surface area contributed by atoms with Gasteiger partial charge in [0.25, 0.3) is 0 Å². The Kier molecular flexibility index (Phi) is 1.26. The molecule has 2 saturated carbocycles. The van der Waals surface area contributed by atoms with Crippen LogP contribution in [0, 0.1) is 16.7 Å². The van der Waals surface area contributed by atoms with Gasteiger partial charge in [-0.15, -0.1) is 0 Å².